The molecule has 0 aromatic carbocycles. The summed E-state index contributed by atoms with van der Waals surface area (Å²) in [5, 5.41) is 1.12. The first kappa shape index (κ1) is 12.7. The molecule has 1 aliphatic carbocycles. The van der Waals surface area contributed by atoms with Crippen LogP contribution in [-0.2, 0) is 0 Å². The van der Waals surface area contributed by atoms with Gasteiger partial charge >= 0.3 is 0 Å². The molecule has 0 spiro atoms. The summed E-state index contributed by atoms with van der Waals surface area (Å²) in [5.74, 6) is 0. The van der Waals surface area contributed by atoms with E-state index in [1.807, 2.05) is 19.3 Å². The molecule has 0 saturated heterocycles. The van der Waals surface area contributed by atoms with Gasteiger partial charge in [-0.05, 0) is 42.4 Å². The van der Waals surface area contributed by atoms with Crippen molar-refractivity contribution in [2.45, 2.75) is 38.6 Å². The zero-order valence-electron chi connectivity index (χ0n) is 11.1. The minimum absolute atomic E-state index is 0.0617. The largest absolute Gasteiger partial charge is 0.290 e. The summed E-state index contributed by atoms with van der Waals surface area (Å²) in [7, 11) is 1.87. The second-order valence-electron chi connectivity index (χ2n) is 5.24. The smallest absolute Gasteiger partial charge is 0.246 e. The fourth-order valence-electron chi connectivity index (χ4n) is 2.94. The van der Waals surface area contributed by atoms with Gasteiger partial charge in [0.25, 0.3) is 0 Å². The number of pyridine rings is 1. The number of halogens is 1. The summed E-state index contributed by atoms with van der Waals surface area (Å²) in [6.07, 6.45) is 6.14. The number of hydrogen-bond donors (Lipinski definition) is 0. The van der Waals surface area contributed by atoms with E-state index in [0.29, 0.717) is 5.65 Å². The fourth-order valence-corrected chi connectivity index (χ4v) is 3.07. The molecule has 2 aromatic heterocycles. The molecular weight excluding hydrogens is 260 g/mol. The van der Waals surface area contributed by atoms with E-state index in [9.17, 15) is 4.79 Å². The maximum absolute atomic E-state index is 12.6. The van der Waals surface area contributed by atoms with Crippen molar-refractivity contribution in [2.75, 3.05) is 0 Å². The minimum Gasteiger partial charge on any atom is -0.290 e. The van der Waals surface area contributed by atoms with Gasteiger partial charge in [0.15, 0.2) is 0 Å². The summed E-state index contributed by atoms with van der Waals surface area (Å²) >= 11 is 5.90. The highest BCUT2D eigenvalue weighted by molar-refractivity contribution is 6.34. The molecule has 4 nitrogen and oxygen atoms in total. The Morgan fingerprint density at radius 2 is 2.11 bits per heavy atom. The van der Waals surface area contributed by atoms with Gasteiger partial charge in [-0.1, -0.05) is 12.8 Å². The molecule has 0 amide bonds. The number of rotatable bonds is 1. The van der Waals surface area contributed by atoms with E-state index in [-0.39, 0.29) is 16.9 Å². The molecule has 3 rings (SSSR count). The van der Waals surface area contributed by atoms with Crippen molar-refractivity contribution in [3.63, 3.8) is 0 Å². The standard InChI is InChI=1S/C13H15BClN3O/c1-7-9-6-16-13(15)17-11(9)18(12(19)10(7)14)8-4-2-3-5-8/h6,8H,2-5,14H2,1H3. The van der Waals surface area contributed by atoms with Crippen LogP contribution in [0.15, 0.2) is 11.0 Å². The van der Waals surface area contributed by atoms with Gasteiger partial charge in [0.05, 0.1) is 0 Å². The van der Waals surface area contributed by atoms with Gasteiger partial charge in [-0.2, -0.15) is 4.98 Å². The van der Waals surface area contributed by atoms with E-state index in [2.05, 4.69) is 9.97 Å². The maximum Gasteiger partial charge on any atom is 0.246 e. The summed E-state index contributed by atoms with van der Waals surface area (Å²) in [6.45, 7) is 1.94. The normalized spacial score (nSPS) is 16.3. The van der Waals surface area contributed by atoms with Crippen molar-refractivity contribution in [2.24, 2.45) is 0 Å². The first-order valence-electron chi connectivity index (χ1n) is 6.63. The molecule has 2 heterocycles. The quantitative estimate of drug-likeness (QED) is 0.579. The molecule has 1 fully saturated rings. The zero-order chi connectivity index (χ0) is 13.6. The number of aryl methyl sites for hydroxylation is 1. The van der Waals surface area contributed by atoms with Crippen molar-refractivity contribution in [1.82, 2.24) is 14.5 Å². The predicted molar refractivity (Wildman–Crippen MR) is 79.2 cm³/mol. The van der Waals surface area contributed by atoms with Crippen LogP contribution in [0.3, 0.4) is 0 Å². The molecule has 1 saturated carbocycles. The molecule has 19 heavy (non-hydrogen) atoms. The minimum atomic E-state index is 0.0617. The van der Waals surface area contributed by atoms with Crippen molar-refractivity contribution in [3.05, 3.63) is 27.4 Å². The van der Waals surface area contributed by atoms with Crippen molar-refractivity contribution in [1.29, 1.82) is 0 Å². The van der Waals surface area contributed by atoms with E-state index >= 15 is 0 Å². The lowest BCUT2D eigenvalue weighted by Gasteiger charge is -2.18. The van der Waals surface area contributed by atoms with Gasteiger partial charge in [-0.25, -0.2) is 4.98 Å². The Morgan fingerprint density at radius 1 is 1.42 bits per heavy atom. The summed E-state index contributed by atoms with van der Waals surface area (Å²) in [4.78, 5) is 20.9. The molecule has 6 heteroatoms. The summed E-state index contributed by atoms with van der Waals surface area (Å²) < 4.78 is 1.83. The van der Waals surface area contributed by atoms with Crippen LogP contribution in [0.2, 0.25) is 5.28 Å². The van der Waals surface area contributed by atoms with Crippen LogP contribution in [0, 0.1) is 6.92 Å². The van der Waals surface area contributed by atoms with Crippen molar-refractivity contribution >= 4 is 35.9 Å². The van der Waals surface area contributed by atoms with E-state index in [1.54, 1.807) is 6.20 Å². The van der Waals surface area contributed by atoms with E-state index < -0.39 is 0 Å². The van der Waals surface area contributed by atoms with Crippen LogP contribution in [0.4, 0.5) is 0 Å². The third kappa shape index (κ3) is 1.96. The van der Waals surface area contributed by atoms with E-state index in [0.717, 1.165) is 29.3 Å². The third-order valence-electron chi connectivity index (χ3n) is 4.16. The summed E-state index contributed by atoms with van der Waals surface area (Å²) in [5.41, 5.74) is 2.47. The van der Waals surface area contributed by atoms with Crippen molar-refractivity contribution in [3.8, 4) is 0 Å². The lowest BCUT2D eigenvalue weighted by Crippen LogP contribution is -2.38. The Balaban J connectivity index is 2.40. The van der Waals surface area contributed by atoms with Gasteiger partial charge in [0.1, 0.15) is 13.5 Å². The lowest BCUT2D eigenvalue weighted by atomic mass is 9.91. The highest BCUT2D eigenvalue weighted by Crippen LogP contribution is 2.30. The maximum atomic E-state index is 12.6. The third-order valence-corrected chi connectivity index (χ3v) is 4.35. The van der Waals surface area contributed by atoms with Crippen LogP contribution in [0.5, 0.6) is 0 Å². The molecule has 0 atom stereocenters. The topological polar surface area (TPSA) is 47.8 Å². The SMILES string of the molecule is Bc1c(C)c2cnc(Cl)nc2n(C2CCCC2)c1=O. The Morgan fingerprint density at radius 3 is 2.79 bits per heavy atom. The monoisotopic (exact) mass is 275 g/mol. The van der Waals surface area contributed by atoms with Gasteiger partial charge in [-0.15, -0.1) is 0 Å². The van der Waals surface area contributed by atoms with Gasteiger partial charge in [0, 0.05) is 17.6 Å². The predicted octanol–water partition coefficient (Wildman–Crippen LogP) is 1.13. The molecule has 98 valence electrons. The molecule has 0 N–H and O–H groups in total. The number of nitrogens with zero attached hydrogens (tertiary/aromatic N) is 3. The van der Waals surface area contributed by atoms with Crippen LogP contribution in [0.25, 0.3) is 11.0 Å². The lowest BCUT2D eigenvalue weighted by molar-refractivity contribution is 0.517. The molecular formula is C13H15BClN3O. The fraction of sp³-hybridized carbons (Fsp3) is 0.462. The van der Waals surface area contributed by atoms with Gasteiger partial charge in [0.2, 0.25) is 10.8 Å². The average molecular weight is 276 g/mol. The van der Waals surface area contributed by atoms with Gasteiger partial charge in [-0.3, -0.25) is 9.36 Å². The Hall–Kier alpha value is -1.36. The Kier molecular flexibility index (Phi) is 3.09. The first-order valence-corrected chi connectivity index (χ1v) is 7.01. The average Bonchev–Trinajstić information content (AvgIpc) is 2.90. The molecule has 0 bridgehead atoms. The van der Waals surface area contributed by atoms with E-state index in [1.165, 1.54) is 12.8 Å². The van der Waals surface area contributed by atoms with Crippen LogP contribution in [0.1, 0.15) is 37.3 Å². The summed E-state index contributed by atoms with van der Waals surface area (Å²) in [6, 6.07) is 0.250. The van der Waals surface area contributed by atoms with Crippen molar-refractivity contribution < 1.29 is 0 Å². The second-order valence-corrected chi connectivity index (χ2v) is 5.58. The van der Waals surface area contributed by atoms with Crippen LogP contribution >= 0.6 is 11.6 Å². The van der Waals surface area contributed by atoms with E-state index in [4.69, 9.17) is 11.6 Å². The first-order chi connectivity index (χ1) is 9.09. The number of aromatic nitrogens is 3. The zero-order valence-corrected chi connectivity index (χ0v) is 11.9. The molecule has 0 radical (unpaired) electrons. The number of hydrogen-bond acceptors (Lipinski definition) is 3. The number of fused-ring (bicyclic) bond motifs is 1. The molecule has 2 aromatic rings. The Labute approximate surface area is 117 Å². The van der Waals surface area contributed by atoms with Gasteiger partial charge < -0.3 is 0 Å². The van der Waals surface area contributed by atoms with Crippen LogP contribution in [-0.4, -0.2) is 22.4 Å². The molecule has 1 aliphatic rings. The second kappa shape index (κ2) is 4.64. The molecule has 0 unspecified atom stereocenters. The van der Waals surface area contributed by atoms with Crippen LogP contribution < -0.4 is 11.0 Å². The molecule has 0 aliphatic heterocycles. The Bertz CT molecular complexity index is 707. The highest BCUT2D eigenvalue weighted by Gasteiger charge is 2.22. The highest BCUT2D eigenvalue weighted by atomic mass is 35.5.